The average Bonchev–Trinajstić information content (AvgIpc) is 2.79. The lowest BCUT2D eigenvalue weighted by molar-refractivity contribution is 0.0829. The molecule has 1 saturated heterocycles. The summed E-state index contributed by atoms with van der Waals surface area (Å²) in [5.41, 5.74) is 0.0779. The molecule has 2 atom stereocenters. The van der Waals surface area contributed by atoms with Crippen molar-refractivity contribution >= 4 is 15.6 Å². The van der Waals surface area contributed by atoms with E-state index in [1.807, 2.05) is 0 Å². The summed E-state index contributed by atoms with van der Waals surface area (Å²) in [6.07, 6.45) is 0.480. The van der Waals surface area contributed by atoms with Crippen molar-refractivity contribution in [1.82, 2.24) is 4.90 Å². The third-order valence-electron chi connectivity index (χ3n) is 3.98. The van der Waals surface area contributed by atoms with E-state index in [1.54, 1.807) is 18.9 Å². The molecule has 0 saturated carbocycles. The molecule has 0 amide bonds. The van der Waals surface area contributed by atoms with E-state index in [0.29, 0.717) is 6.42 Å². The van der Waals surface area contributed by atoms with Gasteiger partial charge in [0.2, 0.25) is 0 Å². The lowest BCUT2D eigenvalue weighted by atomic mass is 10.0. The fourth-order valence-electron chi connectivity index (χ4n) is 2.49. The number of benzene rings is 1. The van der Waals surface area contributed by atoms with Crippen molar-refractivity contribution in [3.8, 4) is 0 Å². The van der Waals surface area contributed by atoms with E-state index in [-0.39, 0.29) is 28.9 Å². The number of carbonyl (C=O) groups excluding carboxylic acids is 1. The van der Waals surface area contributed by atoms with Crippen LogP contribution in [0.25, 0.3) is 0 Å². The van der Waals surface area contributed by atoms with Crippen LogP contribution < -0.4 is 0 Å². The highest BCUT2D eigenvalue weighted by molar-refractivity contribution is 7.91. The third-order valence-corrected chi connectivity index (χ3v) is 5.73. The van der Waals surface area contributed by atoms with E-state index in [1.165, 1.54) is 6.07 Å². The van der Waals surface area contributed by atoms with Gasteiger partial charge in [-0.2, -0.15) is 0 Å². The van der Waals surface area contributed by atoms with E-state index in [4.69, 9.17) is 0 Å². The van der Waals surface area contributed by atoms with Crippen molar-refractivity contribution in [1.29, 1.82) is 0 Å². The van der Waals surface area contributed by atoms with Crippen LogP contribution in [-0.4, -0.2) is 49.7 Å². The third kappa shape index (κ3) is 3.47. The molecule has 0 radical (unpaired) electrons. The fourth-order valence-corrected chi connectivity index (χ4v) is 4.27. The molecule has 1 heterocycles. The smallest absolute Gasteiger partial charge is 0.179 e. The van der Waals surface area contributed by atoms with Crippen LogP contribution in [0.4, 0.5) is 8.78 Å². The Balaban J connectivity index is 2.13. The van der Waals surface area contributed by atoms with Crippen LogP contribution in [-0.2, 0) is 9.84 Å². The van der Waals surface area contributed by atoms with Gasteiger partial charge in [0.25, 0.3) is 0 Å². The highest BCUT2D eigenvalue weighted by Crippen LogP contribution is 2.20. The van der Waals surface area contributed by atoms with Crippen LogP contribution in [0.2, 0.25) is 0 Å². The lowest BCUT2D eigenvalue weighted by Crippen LogP contribution is -2.43. The summed E-state index contributed by atoms with van der Waals surface area (Å²) in [6.45, 7) is 1.63. The number of hydrogen-bond acceptors (Lipinski definition) is 4. The summed E-state index contributed by atoms with van der Waals surface area (Å²) in [7, 11) is -1.36. The average molecular weight is 317 g/mol. The minimum absolute atomic E-state index is 0.0267. The molecule has 1 aromatic carbocycles. The molecule has 2 unspecified atom stereocenters. The van der Waals surface area contributed by atoms with E-state index in [9.17, 15) is 22.0 Å². The minimum Gasteiger partial charge on any atom is -0.293 e. The molecule has 0 aromatic heterocycles. The van der Waals surface area contributed by atoms with Gasteiger partial charge in [0.15, 0.2) is 27.3 Å². The molecule has 0 spiro atoms. The molecule has 4 nitrogen and oxygen atoms in total. The largest absolute Gasteiger partial charge is 0.293 e. The molecule has 0 N–H and O–H groups in total. The number of hydrogen-bond donors (Lipinski definition) is 0. The van der Waals surface area contributed by atoms with Gasteiger partial charge in [-0.25, -0.2) is 17.2 Å². The van der Waals surface area contributed by atoms with Crippen LogP contribution in [0, 0.1) is 11.6 Å². The minimum atomic E-state index is -3.04. The second-order valence-corrected chi connectivity index (χ2v) is 7.62. The molecule has 1 fully saturated rings. The Kier molecular flexibility index (Phi) is 4.43. The maximum atomic E-state index is 13.2. The molecule has 7 heteroatoms. The van der Waals surface area contributed by atoms with Crippen LogP contribution in [0.5, 0.6) is 0 Å². The summed E-state index contributed by atoms with van der Waals surface area (Å²) in [5, 5.41) is 0. The molecular formula is C14H17F2NO3S. The zero-order valence-corrected chi connectivity index (χ0v) is 12.7. The van der Waals surface area contributed by atoms with Crippen molar-refractivity contribution < 1.29 is 22.0 Å². The van der Waals surface area contributed by atoms with Gasteiger partial charge in [-0.1, -0.05) is 0 Å². The summed E-state index contributed by atoms with van der Waals surface area (Å²) in [6, 6.07) is 2.19. The number of sulfone groups is 1. The van der Waals surface area contributed by atoms with Gasteiger partial charge in [-0.05, 0) is 38.6 Å². The quantitative estimate of drug-likeness (QED) is 0.793. The predicted molar refractivity (Wildman–Crippen MR) is 75.0 cm³/mol. The van der Waals surface area contributed by atoms with Crippen molar-refractivity contribution in [3.63, 3.8) is 0 Å². The lowest BCUT2D eigenvalue weighted by Gasteiger charge is -2.28. The van der Waals surface area contributed by atoms with Crippen molar-refractivity contribution in [2.45, 2.75) is 25.4 Å². The maximum Gasteiger partial charge on any atom is 0.179 e. The van der Waals surface area contributed by atoms with E-state index >= 15 is 0 Å². The summed E-state index contributed by atoms with van der Waals surface area (Å²) < 4.78 is 49.1. The van der Waals surface area contributed by atoms with Gasteiger partial charge in [0.1, 0.15) is 0 Å². The van der Waals surface area contributed by atoms with Crippen LogP contribution in [0.15, 0.2) is 18.2 Å². The normalized spacial score (nSPS) is 22.4. The second-order valence-electron chi connectivity index (χ2n) is 5.39. The fraction of sp³-hybridized carbons (Fsp3) is 0.500. The van der Waals surface area contributed by atoms with Crippen molar-refractivity contribution in [3.05, 3.63) is 35.4 Å². The number of rotatable bonds is 4. The Hall–Kier alpha value is -1.34. The van der Waals surface area contributed by atoms with Gasteiger partial charge in [-0.3, -0.25) is 9.69 Å². The molecule has 21 heavy (non-hydrogen) atoms. The van der Waals surface area contributed by atoms with Crippen molar-refractivity contribution in [2.75, 3.05) is 18.6 Å². The number of likely N-dealkylation sites (N-methyl/N-ethyl adjacent to an activating group) is 1. The number of Topliss-reactive ketones (excluding diaryl/α,β-unsaturated/α-hetero) is 1. The summed E-state index contributed by atoms with van der Waals surface area (Å²) >= 11 is 0. The van der Waals surface area contributed by atoms with Crippen LogP contribution in [0.3, 0.4) is 0 Å². The van der Waals surface area contributed by atoms with Crippen LogP contribution >= 0.6 is 0 Å². The number of ketones is 1. The monoisotopic (exact) mass is 317 g/mol. The first-order valence-corrected chi connectivity index (χ1v) is 8.45. The van der Waals surface area contributed by atoms with Crippen molar-refractivity contribution in [2.24, 2.45) is 0 Å². The molecule has 1 aliphatic rings. The Morgan fingerprint density at radius 3 is 2.52 bits per heavy atom. The first-order chi connectivity index (χ1) is 9.71. The first kappa shape index (κ1) is 16.0. The highest BCUT2D eigenvalue weighted by Gasteiger charge is 2.34. The van der Waals surface area contributed by atoms with Gasteiger partial charge in [-0.15, -0.1) is 0 Å². The van der Waals surface area contributed by atoms with E-state index < -0.39 is 27.5 Å². The molecule has 116 valence electrons. The molecule has 0 aliphatic carbocycles. The van der Waals surface area contributed by atoms with E-state index in [0.717, 1.165) is 12.1 Å². The zero-order valence-electron chi connectivity index (χ0n) is 11.8. The first-order valence-electron chi connectivity index (χ1n) is 6.63. The van der Waals surface area contributed by atoms with Gasteiger partial charge in [0.05, 0.1) is 17.5 Å². The summed E-state index contributed by atoms with van der Waals surface area (Å²) in [5.74, 6) is -2.29. The van der Waals surface area contributed by atoms with E-state index in [2.05, 4.69) is 0 Å². The predicted octanol–water partition coefficient (Wildman–Crippen LogP) is 1.65. The number of halogens is 2. The number of carbonyl (C=O) groups is 1. The topological polar surface area (TPSA) is 54.5 Å². The SMILES string of the molecule is CC(C(=O)c1ccc(F)c(F)c1)N(C)C1CCS(=O)(=O)C1. The Bertz CT molecular complexity index is 660. The Morgan fingerprint density at radius 1 is 1.33 bits per heavy atom. The zero-order chi connectivity index (χ0) is 15.8. The molecule has 2 rings (SSSR count). The second kappa shape index (κ2) is 5.81. The van der Waals surface area contributed by atoms with Crippen LogP contribution in [0.1, 0.15) is 23.7 Å². The molecule has 1 aromatic rings. The maximum absolute atomic E-state index is 13.2. The molecular weight excluding hydrogens is 300 g/mol. The van der Waals surface area contributed by atoms with Gasteiger partial charge >= 0.3 is 0 Å². The number of nitrogens with zero attached hydrogens (tertiary/aromatic N) is 1. The Labute approximate surface area is 122 Å². The molecule has 1 aliphatic heterocycles. The summed E-state index contributed by atoms with van der Waals surface area (Å²) in [4.78, 5) is 14.0. The highest BCUT2D eigenvalue weighted by atomic mass is 32.2. The van der Waals surface area contributed by atoms with Gasteiger partial charge in [0, 0.05) is 11.6 Å². The van der Waals surface area contributed by atoms with Gasteiger partial charge < -0.3 is 0 Å². The Morgan fingerprint density at radius 2 is 2.00 bits per heavy atom. The molecule has 0 bridgehead atoms. The standard InChI is InChI=1S/C14H17F2NO3S/c1-9(17(2)11-5-6-21(19,20)8-11)14(18)10-3-4-12(15)13(16)7-10/h3-4,7,9,11H,5-6,8H2,1-2H3.